The van der Waals surface area contributed by atoms with Gasteiger partial charge in [0.1, 0.15) is 0 Å². The maximum Gasteiger partial charge on any atom is 0.330 e. The number of rotatable bonds is 4. The van der Waals surface area contributed by atoms with Crippen LogP contribution in [0.4, 0.5) is 0 Å². The van der Waals surface area contributed by atoms with Crippen molar-refractivity contribution in [3.05, 3.63) is 39.9 Å². The summed E-state index contributed by atoms with van der Waals surface area (Å²) in [7, 11) is 0. The van der Waals surface area contributed by atoms with E-state index in [-0.39, 0.29) is 5.97 Å². The molecule has 86 valence electrons. The molecule has 0 radical (unpaired) electrons. The summed E-state index contributed by atoms with van der Waals surface area (Å²) in [5.74, 6) is -0.316. The van der Waals surface area contributed by atoms with E-state index >= 15 is 0 Å². The number of benzene rings is 1. The Kier molecular flexibility index (Phi) is 5.77. The highest BCUT2D eigenvalue weighted by Crippen LogP contribution is 2.21. The minimum absolute atomic E-state index is 0.316. The van der Waals surface area contributed by atoms with Crippen molar-refractivity contribution in [1.82, 2.24) is 0 Å². The molecule has 4 heteroatoms. The number of esters is 1. The van der Waals surface area contributed by atoms with Gasteiger partial charge in [-0.3, -0.25) is 0 Å². The highest BCUT2D eigenvalue weighted by Gasteiger charge is 1.99. The minimum atomic E-state index is -0.316. The van der Waals surface area contributed by atoms with Gasteiger partial charge in [-0.2, -0.15) is 0 Å². The second kappa shape index (κ2) is 6.86. The van der Waals surface area contributed by atoms with Crippen LogP contribution in [0.2, 0.25) is 0 Å². The Labute approximate surface area is 112 Å². The maximum atomic E-state index is 11.1. The molecule has 0 fully saturated rings. The van der Waals surface area contributed by atoms with Gasteiger partial charge in [0.2, 0.25) is 0 Å². The fourth-order valence-electron chi connectivity index (χ4n) is 1.13. The lowest BCUT2D eigenvalue weighted by Crippen LogP contribution is -1.98. The molecule has 0 aliphatic rings. The van der Waals surface area contributed by atoms with Crippen LogP contribution in [0, 0.1) is 0 Å². The van der Waals surface area contributed by atoms with Crippen molar-refractivity contribution in [3.63, 3.8) is 0 Å². The summed E-state index contributed by atoms with van der Waals surface area (Å²) in [5.41, 5.74) is 2.14. The van der Waals surface area contributed by atoms with Crippen LogP contribution in [0.15, 0.2) is 28.7 Å². The molecule has 0 heterocycles. The van der Waals surface area contributed by atoms with Crippen LogP contribution in [0.3, 0.4) is 0 Å². The summed E-state index contributed by atoms with van der Waals surface area (Å²) in [6.07, 6.45) is 3.17. The van der Waals surface area contributed by atoms with Gasteiger partial charge in [-0.25, -0.2) is 4.79 Å². The van der Waals surface area contributed by atoms with E-state index in [4.69, 9.17) is 4.74 Å². The highest BCUT2D eigenvalue weighted by atomic mass is 79.9. The molecule has 0 atom stereocenters. The van der Waals surface area contributed by atoms with Crippen LogP contribution < -0.4 is 0 Å². The molecular formula is C12H12Br2O2. The van der Waals surface area contributed by atoms with Gasteiger partial charge in [0, 0.05) is 15.9 Å². The molecule has 1 rings (SSSR count). The van der Waals surface area contributed by atoms with Gasteiger partial charge >= 0.3 is 5.97 Å². The Morgan fingerprint density at radius 1 is 1.50 bits per heavy atom. The molecule has 0 aliphatic carbocycles. The first-order chi connectivity index (χ1) is 7.67. The van der Waals surface area contributed by atoms with E-state index in [0.29, 0.717) is 6.61 Å². The van der Waals surface area contributed by atoms with Crippen molar-refractivity contribution in [2.75, 3.05) is 6.61 Å². The van der Waals surface area contributed by atoms with E-state index in [9.17, 15) is 4.79 Å². The van der Waals surface area contributed by atoms with Crippen LogP contribution in [0.5, 0.6) is 0 Å². The quantitative estimate of drug-likeness (QED) is 0.468. The topological polar surface area (TPSA) is 26.3 Å². The molecule has 1 aromatic carbocycles. The van der Waals surface area contributed by atoms with E-state index in [2.05, 4.69) is 31.9 Å². The normalized spacial score (nSPS) is 10.7. The van der Waals surface area contributed by atoms with Crippen molar-refractivity contribution >= 4 is 43.9 Å². The third-order valence-electron chi connectivity index (χ3n) is 1.92. The molecule has 0 amide bonds. The predicted octanol–water partition coefficient (Wildman–Crippen LogP) is 3.92. The molecule has 1 aromatic rings. The average Bonchev–Trinajstić information content (AvgIpc) is 2.27. The highest BCUT2D eigenvalue weighted by molar-refractivity contribution is 9.10. The number of hydrogen-bond donors (Lipinski definition) is 0. The van der Waals surface area contributed by atoms with Crippen LogP contribution >= 0.6 is 31.9 Å². The molecule has 0 saturated carbocycles. The third kappa shape index (κ3) is 4.10. The minimum Gasteiger partial charge on any atom is -0.463 e. The summed E-state index contributed by atoms with van der Waals surface area (Å²) in [4.78, 5) is 11.1. The molecule has 0 unspecified atom stereocenters. The maximum absolute atomic E-state index is 11.1. The molecule has 0 N–H and O–H groups in total. The summed E-state index contributed by atoms with van der Waals surface area (Å²) < 4.78 is 5.82. The van der Waals surface area contributed by atoms with Crippen LogP contribution in [-0.2, 0) is 14.9 Å². The number of halogens is 2. The van der Waals surface area contributed by atoms with E-state index < -0.39 is 0 Å². The second-order valence-corrected chi connectivity index (χ2v) is 4.48. The first-order valence-corrected chi connectivity index (χ1v) is 6.78. The smallest absolute Gasteiger partial charge is 0.330 e. The van der Waals surface area contributed by atoms with Crippen molar-refractivity contribution in [2.45, 2.75) is 12.3 Å². The second-order valence-electron chi connectivity index (χ2n) is 3.07. The molecule has 0 aromatic heterocycles. The molecular weight excluding hydrogens is 336 g/mol. The lowest BCUT2D eigenvalue weighted by molar-refractivity contribution is -0.137. The molecule has 0 spiro atoms. The monoisotopic (exact) mass is 346 g/mol. The standard InChI is InChI=1S/C12H12Br2O2/c1-2-16-12(15)6-4-9-3-5-10(8-13)11(14)7-9/h3-7H,2,8H2,1H3/b6-4+. The predicted molar refractivity (Wildman–Crippen MR) is 72.4 cm³/mol. The summed E-state index contributed by atoms with van der Waals surface area (Å²) in [6, 6.07) is 5.92. The van der Waals surface area contributed by atoms with Gasteiger partial charge in [0.15, 0.2) is 0 Å². The van der Waals surface area contributed by atoms with Crippen molar-refractivity contribution in [3.8, 4) is 0 Å². The van der Waals surface area contributed by atoms with Gasteiger partial charge in [0.05, 0.1) is 6.61 Å². The lowest BCUT2D eigenvalue weighted by atomic mass is 10.1. The van der Waals surface area contributed by atoms with Gasteiger partial charge in [-0.05, 0) is 30.2 Å². The fourth-order valence-corrected chi connectivity index (χ4v) is 2.53. The van der Waals surface area contributed by atoms with E-state index in [1.54, 1.807) is 13.0 Å². The zero-order chi connectivity index (χ0) is 12.0. The van der Waals surface area contributed by atoms with Crippen molar-refractivity contribution < 1.29 is 9.53 Å². The summed E-state index contributed by atoms with van der Waals surface area (Å²) >= 11 is 6.86. The number of carbonyl (C=O) groups is 1. The fraction of sp³-hybridized carbons (Fsp3) is 0.250. The van der Waals surface area contributed by atoms with Crippen LogP contribution in [0.25, 0.3) is 6.08 Å². The van der Waals surface area contributed by atoms with Crippen LogP contribution in [0.1, 0.15) is 18.1 Å². The lowest BCUT2D eigenvalue weighted by Gasteiger charge is -2.01. The Bertz CT molecular complexity index is 400. The van der Waals surface area contributed by atoms with Gasteiger partial charge < -0.3 is 4.74 Å². The number of ether oxygens (including phenoxy) is 1. The number of alkyl halides is 1. The first kappa shape index (κ1) is 13.5. The molecule has 0 bridgehead atoms. The van der Waals surface area contributed by atoms with Crippen molar-refractivity contribution in [1.29, 1.82) is 0 Å². The molecule has 0 saturated heterocycles. The van der Waals surface area contributed by atoms with E-state index in [0.717, 1.165) is 15.4 Å². The van der Waals surface area contributed by atoms with Gasteiger partial charge in [0.25, 0.3) is 0 Å². The van der Waals surface area contributed by atoms with E-state index in [1.165, 1.54) is 11.6 Å². The van der Waals surface area contributed by atoms with E-state index in [1.807, 2.05) is 18.2 Å². The van der Waals surface area contributed by atoms with Crippen LogP contribution in [-0.4, -0.2) is 12.6 Å². The molecule has 2 nitrogen and oxygen atoms in total. The Hall–Kier alpha value is -0.610. The SMILES string of the molecule is CCOC(=O)/C=C/c1ccc(CBr)c(Br)c1. The largest absolute Gasteiger partial charge is 0.463 e. The Morgan fingerprint density at radius 2 is 2.25 bits per heavy atom. The molecule has 16 heavy (non-hydrogen) atoms. The van der Waals surface area contributed by atoms with Crippen molar-refractivity contribution in [2.24, 2.45) is 0 Å². The molecule has 0 aliphatic heterocycles. The third-order valence-corrected chi connectivity index (χ3v) is 3.26. The summed E-state index contributed by atoms with van der Waals surface area (Å²) in [5, 5.41) is 0.801. The Morgan fingerprint density at radius 3 is 2.81 bits per heavy atom. The number of hydrogen-bond acceptors (Lipinski definition) is 2. The first-order valence-electron chi connectivity index (χ1n) is 4.86. The zero-order valence-corrected chi connectivity index (χ0v) is 12.0. The Balaban J connectivity index is 2.75. The van der Waals surface area contributed by atoms with Gasteiger partial charge in [-0.1, -0.05) is 44.0 Å². The number of carbonyl (C=O) groups excluding carboxylic acids is 1. The zero-order valence-electron chi connectivity index (χ0n) is 8.87. The van der Waals surface area contributed by atoms with Gasteiger partial charge in [-0.15, -0.1) is 0 Å². The average molecular weight is 348 g/mol. The summed E-state index contributed by atoms with van der Waals surface area (Å²) in [6.45, 7) is 2.18.